The predicted octanol–water partition coefficient (Wildman–Crippen LogP) is 4.96. The number of urea groups is 1. The molecule has 2 N–H and O–H groups in total. The summed E-state index contributed by atoms with van der Waals surface area (Å²) in [7, 11) is 0. The van der Waals surface area contributed by atoms with Gasteiger partial charge in [-0.2, -0.15) is 0 Å². The Morgan fingerprint density at radius 2 is 1.44 bits per heavy atom. The number of benzene rings is 2. The molecule has 3 rings (SSSR count). The molecule has 0 atom stereocenters. The predicted molar refractivity (Wildman–Crippen MR) is 126 cm³/mol. The van der Waals surface area contributed by atoms with Crippen LogP contribution in [0.5, 0.6) is 5.75 Å². The number of rotatable bonds is 2. The molecule has 0 unspecified atom stereocenters. The molecule has 1 fully saturated rings. The SMILES string of the molecule is Cc1ccccc1N1C(=O)NC(=O)/C(=C/c2cc(C(C)(C)C)c(O)c(C(C)(C)C)c2)C1=O. The summed E-state index contributed by atoms with van der Waals surface area (Å²) in [6, 6.07) is 9.79. The van der Waals surface area contributed by atoms with E-state index in [1.165, 1.54) is 6.08 Å². The highest BCUT2D eigenvalue weighted by Crippen LogP contribution is 2.40. The van der Waals surface area contributed by atoms with Crippen LogP contribution in [0.25, 0.3) is 6.08 Å². The van der Waals surface area contributed by atoms with Gasteiger partial charge < -0.3 is 5.11 Å². The van der Waals surface area contributed by atoms with Gasteiger partial charge in [0.05, 0.1) is 5.69 Å². The monoisotopic (exact) mass is 434 g/mol. The number of hydrogen-bond acceptors (Lipinski definition) is 4. The van der Waals surface area contributed by atoms with Gasteiger partial charge >= 0.3 is 6.03 Å². The zero-order chi connectivity index (χ0) is 24.0. The molecule has 1 saturated heterocycles. The Morgan fingerprint density at radius 3 is 1.94 bits per heavy atom. The van der Waals surface area contributed by atoms with Crippen molar-refractivity contribution in [2.45, 2.75) is 59.3 Å². The van der Waals surface area contributed by atoms with Gasteiger partial charge in [0.2, 0.25) is 0 Å². The molecule has 2 aromatic carbocycles. The minimum atomic E-state index is -0.775. The van der Waals surface area contributed by atoms with Crippen molar-refractivity contribution in [1.29, 1.82) is 0 Å². The Balaban J connectivity index is 2.18. The number of carbonyl (C=O) groups is 3. The number of amides is 4. The summed E-state index contributed by atoms with van der Waals surface area (Å²) < 4.78 is 0. The standard InChI is InChI=1S/C26H30N2O4/c1-15-10-8-9-11-20(15)28-23(31)17(22(30)27-24(28)32)12-16-13-18(25(2,3)4)21(29)19(14-16)26(5,6)7/h8-14,29H,1-7H3,(H,27,30,32)/b17-12-. The normalized spacial score (nSPS) is 16.5. The van der Waals surface area contributed by atoms with E-state index in [1.54, 1.807) is 37.3 Å². The van der Waals surface area contributed by atoms with Crippen LogP contribution in [-0.4, -0.2) is 23.0 Å². The van der Waals surface area contributed by atoms with E-state index in [-0.39, 0.29) is 22.2 Å². The van der Waals surface area contributed by atoms with Gasteiger partial charge in [0.25, 0.3) is 11.8 Å². The lowest BCUT2D eigenvalue weighted by atomic mass is 9.78. The minimum Gasteiger partial charge on any atom is -0.507 e. The van der Waals surface area contributed by atoms with Crippen LogP contribution < -0.4 is 10.2 Å². The fourth-order valence-corrected chi connectivity index (χ4v) is 3.74. The van der Waals surface area contributed by atoms with Crippen molar-refractivity contribution in [1.82, 2.24) is 5.32 Å². The third-order valence-electron chi connectivity index (χ3n) is 5.52. The molecule has 0 aliphatic carbocycles. The molecular formula is C26H30N2O4. The molecule has 6 heteroatoms. The van der Waals surface area contributed by atoms with Gasteiger partial charge in [0.1, 0.15) is 11.3 Å². The number of carbonyl (C=O) groups excluding carboxylic acids is 3. The third kappa shape index (κ3) is 4.31. The van der Waals surface area contributed by atoms with E-state index in [0.717, 1.165) is 10.5 Å². The minimum absolute atomic E-state index is 0.140. The van der Waals surface area contributed by atoms with Crippen LogP contribution in [0, 0.1) is 6.92 Å². The first-order chi connectivity index (χ1) is 14.7. The average molecular weight is 435 g/mol. The Bertz CT molecular complexity index is 1110. The van der Waals surface area contributed by atoms with Crippen molar-refractivity contribution in [3.8, 4) is 5.75 Å². The number of phenols is 1. The van der Waals surface area contributed by atoms with Crippen LogP contribution in [0.4, 0.5) is 10.5 Å². The first-order valence-electron chi connectivity index (χ1n) is 10.6. The van der Waals surface area contributed by atoms with Crippen molar-refractivity contribution in [3.63, 3.8) is 0 Å². The molecule has 6 nitrogen and oxygen atoms in total. The number of hydrogen-bond donors (Lipinski definition) is 2. The largest absolute Gasteiger partial charge is 0.507 e. The summed E-state index contributed by atoms with van der Waals surface area (Å²) in [4.78, 5) is 39.4. The highest BCUT2D eigenvalue weighted by atomic mass is 16.3. The van der Waals surface area contributed by atoms with Gasteiger partial charge in [-0.1, -0.05) is 59.7 Å². The van der Waals surface area contributed by atoms with E-state index < -0.39 is 17.8 Å². The molecule has 2 aromatic rings. The van der Waals surface area contributed by atoms with Crippen LogP contribution in [0.15, 0.2) is 42.0 Å². The molecule has 1 aliphatic rings. The summed E-state index contributed by atoms with van der Waals surface area (Å²) in [6.45, 7) is 13.7. The average Bonchev–Trinajstić information content (AvgIpc) is 2.65. The van der Waals surface area contributed by atoms with Gasteiger partial charge in [0.15, 0.2) is 0 Å². The first-order valence-corrected chi connectivity index (χ1v) is 10.6. The smallest absolute Gasteiger partial charge is 0.335 e. The topological polar surface area (TPSA) is 86.7 Å². The molecule has 0 aromatic heterocycles. The quantitative estimate of drug-likeness (QED) is 0.517. The Kier molecular flexibility index (Phi) is 5.77. The van der Waals surface area contributed by atoms with Crippen molar-refractivity contribution >= 4 is 29.6 Å². The Labute approximate surface area is 188 Å². The van der Waals surface area contributed by atoms with Gasteiger partial charge in [-0.25, -0.2) is 9.69 Å². The third-order valence-corrected chi connectivity index (χ3v) is 5.52. The Hall–Kier alpha value is -3.41. The van der Waals surface area contributed by atoms with Crippen LogP contribution in [0.2, 0.25) is 0 Å². The molecule has 0 saturated carbocycles. The molecule has 32 heavy (non-hydrogen) atoms. The van der Waals surface area contributed by atoms with E-state index in [1.807, 2.05) is 47.6 Å². The van der Waals surface area contributed by atoms with Crippen molar-refractivity contribution in [2.24, 2.45) is 0 Å². The van der Waals surface area contributed by atoms with Crippen LogP contribution in [0.3, 0.4) is 0 Å². The number of phenolic OH excluding ortho intramolecular Hbond substituents is 1. The first kappa shape index (κ1) is 23.3. The highest BCUT2D eigenvalue weighted by molar-refractivity contribution is 6.39. The fraction of sp³-hybridized carbons (Fsp3) is 0.346. The number of anilines is 1. The number of para-hydroxylation sites is 1. The van der Waals surface area contributed by atoms with Crippen molar-refractivity contribution in [3.05, 3.63) is 64.2 Å². The van der Waals surface area contributed by atoms with E-state index in [2.05, 4.69) is 5.32 Å². The summed E-state index contributed by atoms with van der Waals surface area (Å²) >= 11 is 0. The maximum atomic E-state index is 13.3. The second kappa shape index (κ2) is 7.93. The van der Waals surface area contributed by atoms with Crippen LogP contribution in [-0.2, 0) is 20.4 Å². The number of nitrogens with one attached hydrogen (secondary N) is 1. The van der Waals surface area contributed by atoms with Gasteiger partial charge in [0, 0.05) is 11.1 Å². The summed E-state index contributed by atoms with van der Waals surface area (Å²) in [5.41, 5.74) is 2.33. The van der Waals surface area contributed by atoms with Crippen molar-refractivity contribution in [2.75, 3.05) is 4.90 Å². The lowest BCUT2D eigenvalue weighted by Crippen LogP contribution is -2.54. The molecule has 1 aliphatic heterocycles. The zero-order valence-electron chi connectivity index (χ0n) is 19.7. The summed E-state index contributed by atoms with van der Waals surface area (Å²) in [6.07, 6.45) is 1.49. The van der Waals surface area contributed by atoms with E-state index >= 15 is 0 Å². The maximum Gasteiger partial charge on any atom is 0.335 e. The number of aryl methyl sites for hydroxylation is 1. The number of aromatic hydroxyl groups is 1. The van der Waals surface area contributed by atoms with Gasteiger partial charge in [-0.3, -0.25) is 14.9 Å². The lowest BCUT2D eigenvalue weighted by Gasteiger charge is -2.29. The molecule has 1 heterocycles. The zero-order valence-corrected chi connectivity index (χ0v) is 19.7. The molecule has 0 bridgehead atoms. The molecule has 0 spiro atoms. The second-order valence-electron chi connectivity index (χ2n) is 10.2. The number of imide groups is 2. The summed E-state index contributed by atoms with van der Waals surface area (Å²) in [5.74, 6) is -1.22. The van der Waals surface area contributed by atoms with Gasteiger partial charge in [-0.15, -0.1) is 0 Å². The summed E-state index contributed by atoms with van der Waals surface area (Å²) in [5, 5.41) is 13.2. The van der Waals surface area contributed by atoms with E-state index in [4.69, 9.17) is 0 Å². The van der Waals surface area contributed by atoms with Crippen LogP contribution in [0.1, 0.15) is 63.8 Å². The number of barbiturate groups is 1. The lowest BCUT2D eigenvalue weighted by molar-refractivity contribution is -0.122. The Morgan fingerprint density at radius 1 is 0.906 bits per heavy atom. The molecule has 0 radical (unpaired) electrons. The second-order valence-corrected chi connectivity index (χ2v) is 10.2. The molecule has 168 valence electrons. The van der Waals surface area contributed by atoms with E-state index in [0.29, 0.717) is 22.4 Å². The van der Waals surface area contributed by atoms with Gasteiger partial charge in [-0.05, 0) is 53.2 Å². The molecule has 4 amide bonds. The highest BCUT2D eigenvalue weighted by Gasteiger charge is 2.37. The van der Waals surface area contributed by atoms with E-state index in [9.17, 15) is 19.5 Å². The number of nitrogens with zero attached hydrogens (tertiary/aromatic N) is 1. The fourth-order valence-electron chi connectivity index (χ4n) is 3.74. The van der Waals surface area contributed by atoms with Crippen molar-refractivity contribution < 1.29 is 19.5 Å². The van der Waals surface area contributed by atoms with Crippen LogP contribution >= 0.6 is 0 Å². The molecular weight excluding hydrogens is 404 g/mol. The maximum absolute atomic E-state index is 13.3.